The van der Waals surface area contributed by atoms with Gasteiger partial charge in [0.25, 0.3) is 0 Å². The van der Waals surface area contributed by atoms with E-state index in [4.69, 9.17) is 4.74 Å². The molecule has 0 aromatic heterocycles. The van der Waals surface area contributed by atoms with E-state index in [9.17, 15) is 24.6 Å². The van der Waals surface area contributed by atoms with Crippen molar-refractivity contribution >= 4 is 29.7 Å². The van der Waals surface area contributed by atoms with Gasteiger partial charge in [-0.3, -0.25) is 9.59 Å². The Morgan fingerprint density at radius 3 is 2.35 bits per heavy atom. The van der Waals surface area contributed by atoms with Crippen molar-refractivity contribution in [1.29, 1.82) is 0 Å². The lowest BCUT2D eigenvalue weighted by molar-refractivity contribution is -0.143. The number of aliphatic hydroxyl groups is 1. The highest BCUT2D eigenvalue weighted by Gasteiger charge is 2.35. The lowest BCUT2D eigenvalue weighted by Gasteiger charge is -2.37. The number of hydrogen-bond donors (Lipinski definition) is 3. The number of benzene rings is 2. The van der Waals surface area contributed by atoms with E-state index in [0.717, 1.165) is 28.0 Å². The van der Waals surface area contributed by atoms with Crippen LogP contribution in [0.2, 0.25) is 0 Å². The molecule has 2 aromatic rings. The predicted octanol–water partition coefficient (Wildman–Crippen LogP) is 2.69. The van der Waals surface area contributed by atoms with E-state index in [0.29, 0.717) is 18.7 Å². The van der Waals surface area contributed by atoms with E-state index in [1.807, 2.05) is 48.5 Å². The van der Waals surface area contributed by atoms with Gasteiger partial charge in [-0.25, -0.2) is 4.79 Å². The molecule has 1 aliphatic carbocycles. The van der Waals surface area contributed by atoms with E-state index in [1.165, 1.54) is 0 Å². The molecule has 0 bridgehead atoms. The van der Waals surface area contributed by atoms with Gasteiger partial charge >= 0.3 is 12.1 Å². The van der Waals surface area contributed by atoms with Crippen molar-refractivity contribution in [3.05, 3.63) is 59.7 Å². The zero-order chi connectivity index (χ0) is 24.1. The van der Waals surface area contributed by atoms with E-state index >= 15 is 0 Å². The van der Waals surface area contributed by atoms with Crippen LogP contribution in [0, 0.1) is 0 Å². The van der Waals surface area contributed by atoms with E-state index in [-0.39, 0.29) is 25.2 Å². The van der Waals surface area contributed by atoms with Crippen LogP contribution >= 0.6 is 11.8 Å². The van der Waals surface area contributed by atoms with Crippen LogP contribution in [0.4, 0.5) is 4.79 Å². The van der Waals surface area contributed by atoms with E-state index < -0.39 is 30.4 Å². The number of amides is 2. The number of aliphatic hydroxyl groups excluding tert-OH is 1. The summed E-state index contributed by atoms with van der Waals surface area (Å²) in [5.74, 6) is -0.410. The predicted molar refractivity (Wildman–Crippen MR) is 129 cm³/mol. The number of rotatable bonds is 8. The second-order valence-electron chi connectivity index (χ2n) is 8.39. The molecular formula is C25H28N2O6S. The van der Waals surface area contributed by atoms with Gasteiger partial charge in [0.15, 0.2) is 0 Å². The fourth-order valence-electron chi connectivity index (χ4n) is 4.69. The third kappa shape index (κ3) is 5.20. The van der Waals surface area contributed by atoms with Crippen molar-refractivity contribution in [1.82, 2.24) is 10.2 Å². The van der Waals surface area contributed by atoms with Crippen molar-refractivity contribution in [3.63, 3.8) is 0 Å². The molecule has 1 heterocycles. The molecule has 180 valence electrons. The van der Waals surface area contributed by atoms with Gasteiger partial charge in [-0.15, -0.1) is 0 Å². The van der Waals surface area contributed by atoms with Gasteiger partial charge in [-0.2, -0.15) is 11.8 Å². The SMILES string of the molecule is O=C(O)CC(NC(=O)OCC1c2ccccc2-c2ccccc21)C(=O)N1CCSCC1CCO. The van der Waals surface area contributed by atoms with Gasteiger partial charge in [-0.05, 0) is 28.7 Å². The van der Waals surface area contributed by atoms with Gasteiger partial charge in [-0.1, -0.05) is 48.5 Å². The topological polar surface area (TPSA) is 116 Å². The van der Waals surface area contributed by atoms with Crippen molar-refractivity contribution in [3.8, 4) is 11.1 Å². The summed E-state index contributed by atoms with van der Waals surface area (Å²) in [5, 5.41) is 21.1. The largest absolute Gasteiger partial charge is 0.481 e. The Balaban J connectivity index is 1.44. The van der Waals surface area contributed by atoms with Crippen LogP contribution in [0.5, 0.6) is 0 Å². The van der Waals surface area contributed by atoms with Crippen molar-refractivity contribution in [2.24, 2.45) is 0 Å². The van der Waals surface area contributed by atoms with Crippen molar-refractivity contribution in [2.75, 3.05) is 31.3 Å². The molecule has 2 aliphatic rings. The first kappa shape index (κ1) is 24.1. The molecule has 0 radical (unpaired) electrons. The van der Waals surface area contributed by atoms with Crippen LogP contribution < -0.4 is 5.32 Å². The molecule has 4 rings (SSSR count). The molecule has 1 saturated heterocycles. The average Bonchev–Trinajstić information content (AvgIpc) is 3.16. The molecule has 0 spiro atoms. The summed E-state index contributed by atoms with van der Waals surface area (Å²) >= 11 is 1.68. The summed E-state index contributed by atoms with van der Waals surface area (Å²) in [6.45, 7) is 0.441. The van der Waals surface area contributed by atoms with Gasteiger partial charge in [0.1, 0.15) is 12.6 Å². The Morgan fingerprint density at radius 1 is 1.09 bits per heavy atom. The van der Waals surface area contributed by atoms with Gasteiger partial charge in [0.05, 0.1) is 6.42 Å². The Kier molecular flexibility index (Phi) is 7.74. The highest BCUT2D eigenvalue weighted by atomic mass is 32.2. The Bertz CT molecular complexity index is 1010. The number of carbonyl (C=O) groups excluding carboxylic acids is 2. The molecule has 2 unspecified atom stereocenters. The third-order valence-electron chi connectivity index (χ3n) is 6.29. The molecule has 1 aliphatic heterocycles. The number of hydrogen-bond acceptors (Lipinski definition) is 6. The Labute approximate surface area is 202 Å². The zero-order valence-corrected chi connectivity index (χ0v) is 19.5. The molecule has 0 saturated carbocycles. The number of alkyl carbamates (subject to hydrolysis) is 1. The molecular weight excluding hydrogens is 456 g/mol. The van der Waals surface area contributed by atoms with Gasteiger partial charge in [0, 0.05) is 36.6 Å². The summed E-state index contributed by atoms with van der Waals surface area (Å²) < 4.78 is 5.51. The molecule has 2 atom stereocenters. The highest BCUT2D eigenvalue weighted by molar-refractivity contribution is 7.99. The van der Waals surface area contributed by atoms with Crippen molar-refractivity contribution < 1.29 is 29.3 Å². The summed E-state index contributed by atoms with van der Waals surface area (Å²) in [6, 6.07) is 14.5. The number of aliphatic carboxylic acids is 1. The van der Waals surface area contributed by atoms with Gasteiger partial charge < -0.3 is 25.2 Å². The minimum atomic E-state index is -1.24. The fraction of sp³-hybridized carbons (Fsp3) is 0.400. The molecule has 9 heteroatoms. The first-order valence-electron chi connectivity index (χ1n) is 11.3. The fourth-order valence-corrected chi connectivity index (χ4v) is 5.80. The number of nitrogens with zero attached hydrogens (tertiary/aromatic N) is 1. The van der Waals surface area contributed by atoms with Gasteiger partial charge in [0.2, 0.25) is 5.91 Å². The summed E-state index contributed by atoms with van der Waals surface area (Å²) in [4.78, 5) is 38.8. The third-order valence-corrected chi connectivity index (χ3v) is 7.38. The van der Waals surface area contributed by atoms with Crippen LogP contribution in [0.1, 0.15) is 29.9 Å². The van der Waals surface area contributed by atoms with E-state index in [2.05, 4.69) is 5.32 Å². The Morgan fingerprint density at radius 2 is 1.74 bits per heavy atom. The van der Waals surface area contributed by atoms with Crippen LogP contribution in [0.25, 0.3) is 11.1 Å². The highest BCUT2D eigenvalue weighted by Crippen LogP contribution is 2.44. The van der Waals surface area contributed by atoms with Crippen LogP contribution in [0.15, 0.2) is 48.5 Å². The summed E-state index contributed by atoms with van der Waals surface area (Å²) in [5.41, 5.74) is 4.33. The maximum absolute atomic E-state index is 13.1. The zero-order valence-electron chi connectivity index (χ0n) is 18.7. The molecule has 34 heavy (non-hydrogen) atoms. The number of thioether (sulfide) groups is 1. The second-order valence-corrected chi connectivity index (χ2v) is 9.54. The number of carboxylic acid groups (broad SMARTS) is 1. The molecule has 1 fully saturated rings. The number of carboxylic acids is 1. The first-order chi connectivity index (χ1) is 16.5. The molecule has 8 nitrogen and oxygen atoms in total. The standard InChI is InChI=1S/C25H28N2O6S/c28-11-9-16-15-34-12-10-27(16)24(31)22(13-23(29)30)26-25(32)33-14-21-19-7-3-1-5-17(19)18-6-2-4-8-20(18)21/h1-8,16,21-22,28H,9-15H2,(H,26,32)(H,29,30). The quantitative estimate of drug-likeness (QED) is 0.528. The van der Waals surface area contributed by atoms with Crippen LogP contribution in [-0.2, 0) is 14.3 Å². The Hall–Kier alpha value is -3.04. The smallest absolute Gasteiger partial charge is 0.407 e. The van der Waals surface area contributed by atoms with Crippen LogP contribution in [0.3, 0.4) is 0 Å². The first-order valence-corrected chi connectivity index (χ1v) is 12.5. The average molecular weight is 485 g/mol. The summed E-state index contributed by atoms with van der Waals surface area (Å²) in [7, 11) is 0. The number of nitrogens with one attached hydrogen (secondary N) is 1. The number of carbonyl (C=O) groups is 3. The second kappa shape index (κ2) is 10.9. The minimum Gasteiger partial charge on any atom is -0.481 e. The monoisotopic (exact) mass is 484 g/mol. The normalized spacial score (nSPS) is 18.0. The van der Waals surface area contributed by atoms with Crippen molar-refractivity contribution in [2.45, 2.75) is 30.8 Å². The van der Waals surface area contributed by atoms with E-state index in [1.54, 1.807) is 16.7 Å². The maximum Gasteiger partial charge on any atom is 0.407 e. The summed E-state index contributed by atoms with van der Waals surface area (Å²) in [6.07, 6.45) is -0.964. The minimum absolute atomic E-state index is 0.0708. The molecule has 2 amide bonds. The maximum atomic E-state index is 13.1. The molecule has 2 aromatic carbocycles. The number of fused-ring (bicyclic) bond motifs is 3. The lowest BCUT2D eigenvalue weighted by Crippen LogP contribution is -2.55. The molecule has 3 N–H and O–H groups in total. The number of ether oxygens (including phenoxy) is 1. The lowest BCUT2D eigenvalue weighted by atomic mass is 9.98. The van der Waals surface area contributed by atoms with Crippen LogP contribution in [-0.4, -0.2) is 76.4 Å².